The molecule has 1 heterocycles. The minimum Gasteiger partial charge on any atom is -0.248 e. The summed E-state index contributed by atoms with van der Waals surface area (Å²) in [5.74, 6) is 0.642. The number of benzene rings is 1. The van der Waals surface area contributed by atoms with E-state index in [1.54, 1.807) is 0 Å². The first-order valence-corrected chi connectivity index (χ1v) is 6.27. The van der Waals surface area contributed by atoms with E-state index in [9.17, 15) is 0 Å². The third kappa shape index (κ3) is 2.38. The molecule has 1 radical (unpaired) electrons. The Bertz CT molecular complexity index is 469. The van der Waals surface area contributed by atoms with Gasteiger partial charge in [0.1, 0.15) is 0 Å². The topological polar surface area (TPSA) is 30.7 Å². The summed E-state index contributed by atoms with van der Waals surface area (Å²) in [5, 5.41) is 8.50. The monoisotopic (exact) mass is 226 g/mol. The van der Waals surface area contributed by atoms with E-state index in [1.807, 2.05) is 22.9 Å². The maximum absolute atomic E-state index is 4.29. The second kappa shape index (κ2) is 4.70. The van der Waals surface area contributed by atoms with Crippen LogP contribution >= 0.6 is 0 Å². The van der Waals surface area contributed by atoms with Gasteiger partial charge in [-0.3, -0.25) is 0 Å². The minimum atomic E-state index is 0.642. The number of rotatable bonds is 3. The molecule has 0 aliphatic heterocycles. The molecule has 0 amide bonds. The van der Waals surface area contributed by atoms with Crippen molar-refractivity contribution in [1.29, 1.82) is 0 Å². The summed E-state index contributed by atoms with van der Waals surface area (Å²) in [6.07, 6.45) is 7.32. The highest BCUT2D eigenvalue weighted by Crippen LogP contribution is 2.32. The lowest BCUT2D eigenvalue weighted by Gasteiger charge is -2.02. The number of aromatic nitrogens is 3. The fraction of sp³-hybridized carbons (Fsp3) is 0.429. The van der Waals surface area contributed by atoms with E-state index < -0.39 is 0 Å². The van der Waals surface area contributed by atoms with Crippen molar-refractivity contribution < 1.29 is 0 Å². The molecule has 1 aromatic carbocycles. The Morgan fingerprint density at radius 2 is 2.18 bits per heavy atom. The molecule has 1 aromatic heterocycles. The lowest BCUT2D eigenvalue weighted by atomic mass is 10.1. The van der Waals surface area contributed by atoms with Gasteiger partial charge in [-0.1, -0.05) is 42.3 Å². The maximum atomic E-state index is 4.29. The Hall–Kier alpha value is -1.64. The normalized spacial score (nSPS) is 16.5. The molecular weight excluding hydrogens is 210 g/mol. The molecule has 0 bridgehead atoms. The van der Waals surface area contributed by atoms with Gasteiger partial charge in [-0.05, 0) is 24.5 Å². The zero-order valence-corrected chi connectivity index (χ0v) is 9.84. The van der Waals surface area contributed by atoms with Crippen LogP contribution in [0.5, 0.6) is 0 Å². The second-order valence-electron chi connectivity index (χ2n) is 4.71. The molecule has 3 nitrogen and oxygen atoms in total. The van der Waals surface area contributed by atoms with Crippen LogP contribution in [0.25, 0.3) is 0 Å². The summed E-state index contributed by atoms with van der Waals surface area (Å²) in [5.41, 5.74) is 2.31. The first-order chi connectivity index (χ1) is 8.42. The van der Waals surface area contributed by atoms with E-state index in [1.165, 1.54) is 31.4 Å². The average Bonchev–Trinajstić information content (AvgIpc) is 3.00. The van der Waals surface area contributed by atoms with Gasteiger partial charge in [0, 0.05) is 12.1 Å². The van der Waals surface area contributed by atoms with Crippen LogP contribution in [-0.2, 0) is 6.54 Å². The van der Waals surface area contributed by atoms with Crippen LogP contribution in [0, 0.1) is 6.07 Å². The van der Waals surface area contributed by atoms with Crippen molar-refractivity contribution in [2.75, 3.05) is 0 Å². The van der Waals surface area contributed by atoms with E-state index >= 15 is 0 Å². The number of hydrogen-bond donors (Lipinski definition) is 0. The lowest BCUT2D eigenvalue weighted by Crippen LogP contribution is -2.00. The standard InChI is InChI=1S/C14H16N3/c1-2-6-12(7-3-1)10-17-11-14(15-16-17)13-8-4-5-9-13/h1-3,6,11,13H,4-5,8-10H2. The van der Waals surface area contributed by atoms with Gasteiger partial charge < -0.3 is 0 Å². The molecule has 1 fully saturated rings. The second-order valence-corrected chi connectivity index (χ2v) is 4.71. The highest BCUT2D eigenvalue weighted by atomic mass is 15.4. The van der Waals surface area contributed by atoms with Crippen LogP contribution in [0.2, 0.25) is 0 Å². The number of nitrogens with zero attached hydrogens (tertiary/aromatic N) is 3. The molecule has 0 spiro atoms. The summed E-state index contributed by atoms with van der Waals surface area (Å²) < 4.78 is 1.92. The van der Waals surface area contributed by atoms with Gasteiger partial charge in [0.2, 0.25) is 0 Å². The van der Waals surface area contributed by atoms with Crippen LogP contribution in [0.4, 0.5) is 0 Å². The van der Waals surface area contributed by atoms with Gasteiger partial charge in [-0.25, -0.2) is 4.68 Å². The van der Waals surface area contributed by atoms with Crippen LogP contribution < -0.4 is 0 Å². The van der Waals surface area contributed by atoms with Crippen molar-refractivity contribution in [1.82, 2.24) is 15.0 Å². The molecule has 0 N–H and O–H groups in total. The fourth-order valence-electron chi connectivity index (χ4n) is 2.50. The first kappa shape index (κ1) is 10.5. The van der Waals surface area contributed by atoms with Crippen molar-refractivity contribution in [3.63, 3.8) is 0 Å². The number of hydrogen-bond acceptors (Lipinski definition) is 2. The van der Waals surface area contributed by atoms with Gasteiger partial charge in [0.05, 0.1) is 12.2 Å². The van der Waals surface area contributed by atoms with Crippen molar-refractivity contribution in [2.45, 2.75) is 38.1 Å². The van der Waals surface area contributed by atoms with Crippen LogP contribution in [0.1, 0.15) is 42.9 Å². The van der Waals surface area contributed by atoms with Crippen LogP contribution in [-0.4, -0.2) is 15.0 Å². The van der Waals surface area contributed by atoms with Gasteiger partial charge in [-0.2, -0.15) is 0 Å². The maximum Gasteiger partial charge on any atom is 0.0858 e. The molecule has 1 aliphatic carbocycles. The first-order valence-electron chi connectivity index (χ1n) is 6.27. The van der Waals surface area contributed by atoms with E-state index in [2.05, 4.69) is 28.6 Å². The molecule has 1 aliphatic rings. The quantitative estimate of drug-likeness (QED) is 0.805. The summed E-state index contributed by atoms with van der Waals surface area (Å²) in [6.45, 7) is 0.764. The molecule has 17 heavy (non-hydrogen) atoms. The summed E-state index contributed by atoms with van der Waals surface area (Å²) >= 11 is 0. The third-order valence-electron chi connectivity index (χ3n) is 3.44. The fourth-order valence-corrected chi connectivity index (χ4v) is 2.50. The predicted molar refractivity (Wildman–Crippen MR) is 65.6 cm³/mol. The summed E-state index contributed by atoms with van der Waals surface area (Å²) in [6, 6.07) is 11.2. The SMILES string of the molecule is [c]1ccccc1Cn1cc(C2CCCC2)nn1. The van der Waals surface area contributed by atoms with E-state index in [0.29, 0.717) is 5.92 Å². The summed E-state index contributed by atoms with van der Waals surface area (Å²) in [4.78, 5) is 0. The molecule has 87 valence electrons. The molecule has 3 heteroatoms. The minimum absolute atomic E-state index is 0.642. The van der Waals surface area contributed by atoms with Crippen molar-refractivity contribution >= 4 is 0 Å². The van der Waals surface area contributed by atoms with E-state index in [4.69, 9.17) is 0 Å². The Morgan fingerprint density at radius 1 is 1.29 bits per heavy atom. The van der Waals surface area contributed by atoms with Crippen LogP contribution in [0.15, 0.2) is 30.5 Å². The molecule has 0 saturated heterocycles. The molecule has 0 unspecified atom stereocenters. The Morgan fingerprint density at radius 3 is 2.94 bits per heavy atom. The van der Waals surface area contributed by atoms with Gasteiger partial charge in [0.25, 0.3) is 0 Å². The summed E-state index contributed by atoms with van der Waals surface area (Å²) in [7, 11) is 0. The molecule has 0 atom stereocenters. The zero-order chi connectivity index (χ0) is 11.5. The van der Waals surface area contributed by atoms with Crippen LogP contribution in [0.3, 0.4) is 0 Å². The Kier molecular flexibility index (Phi) is 2.90. The molecule has 2 aromatic rings. The van der Waals surface area contributed by atoms with Crippen molar-refractivity contribution in [2.24, 2.45) is 0 Å². The highest BCUT2D eigenvalue weighted by Gasteiger charge is 2.19. The largest absolute Gasteiger partial charge is 0.248 e. The predicted octanol–water partition coefficient (Wildman–Crippen LogP) is 2.78. The smallest absolute Gasteiger partial charge is 0.0858 e. The van der Waals surface area contributed by atoms with Gasteiger partial charge in [0.15, 0.2) is 0 Å². The average molecular weight is 226 g/mol. The molecule has 1 saturated carbocycles. The van der Waals surface area contributed by atoms with E-state index in [-0.39, 0.29) is 0 Å². The lowest BCUT2D eigenvalue weighted by molar-refractivity contribution is 0.646. The van der Waals surface area contributed by atoms with Crippen molar-refractivity contribution in [3.05, 3.63) is 47.8 Å². The zero-order valence-electron chi connectivity index (χ0n) is 9.84. The Labute approximate surface area is 101 Å². The van der Waals surface area contributed by atoms with Gasteiger partial charge >= 0.3 is 0 Å². The van der Waals surface area contributed by atoms with Gasteiger partial charge in [-0.15, -0.1) is 5.10 Å². The molecule has 3 rings (SSSR count). The third-order valence-corrected chi connectivity index (χ3v) is 3.44. The van der Waals surface area contributed by atoms with E-state index in [0.717, 1.165) is 12.1 Å². The van der Waals surface area contributed by atoms with Crippen molar-refractivity contribution in [3.8, 4) is 0 Å². The molecular formula is C14H16N3. The Balaban J connectivity index is 1.72. The highest BCUT2D eigenvalue weighted by molar-refractivity contribution is 5.13.